The van der Waals surface area contributed by atoms with Gasteiger partial charge in [0.1, 0.15) is 18.0 Å². The predicted octanol–water partition coefficient (Wildman–Crippen LogP) is 3.85. The molecular weight excluding hydrogens is 432 g/mol. The molecule has 1 N–H and O–H groups in total. The van der Waals surface area contributed by atoms with Crippen LogP contribution < -0.4 is 10.1 Å². The van der Waals surface area contributed by atoms with Crippen LogP contribution >= 0.6 is 0 Å². The number of amides is 2. The number of likely N-dealkylation sites (tertiary alicyclic amines) is 1. The topological polar surface area (TPSA) is 89.1 Å². The second-order valence-electron chi connectivity index (χ2n) is 8.48. The molecule has 1 aliphatic rings. The molecule has 5 rings (SSSR count). The summed E-state index contributed by atoms with van der Waals surface area (Å²) in [5, 5.41) is 3.07. The molecule has 8 nitrogen and oxygen atoms in total. The molecule has 34 heavy (non-hydrogen) atoms. The van der Waals surface area contributed by atoms with Crippen LogP contribution in [-0.2, 0) is 6.61 Å². The molecule has 1 fully saturated rings. The van der Waals surface area contributed by atoms with Gasteiger partial charge in [0.2, 0.25) is 0 Å². The average Bonchev–Trinajstić information content (AvgIpc) is 3.54. The number of hydrogen-bond donors (Lipinski definition) is 1. The van der Waals surface area contributed by atoms with E-state index in [-0.39, 0.29) is 17.9 Å². The second-order valence-corrected chi connectivity index (χ2v) is 8.48. The SMILES string of the molecule is Cc1cccn2cc(COc3ccc(C(=O)NC4CCN(C(=O)c5ccco5)CC4)cc3)nc12. The summed E-state index contributed by atoms with van der Waals surface area (Å²) in [5.41, 5.74) is 3.45. The van der Waals surface area contributed by atoms with E-state index in [1.54, 1.807) is 41.3 Å². The molecule has 0 spiro atoms. The van der Waals surface area contributed by atoms with Crippen molar-refractivity contribution in [3.05, 3.63) is 89.8 Å². The number of benzene rings is 1. The molecule has 0 saturated carbocycles. The van der Waals surface area contributed by atoms with E-state index in [0.29, 0.717) is 49.6 Å². The molecule has 4 aromatic rings. The van der Waals surface area contributed by atoms with Crippen molar-refractivity contribution < 1.29 is 18.7 Å². The summed E-state index contributed by atoms with van der Waals surface area (Å²) in [6.07, 6.45) is 6.83. The van der Waals surface area contributed by atoms with Crippen LogP contribution in [0.3, 0.4) is 0 Å². The Morgan fingerprint density at radius 2 is 1.91 bits per heavy atom. The molecule has 0 bridgehead atoms. The molecule has 174 valence electrons. The highest BCUT2D eigenvalue weighted by Crippen LogP contribution is 2.18. The minimum Gasteiger partial charge on any atom is -0.487 e. The Balaban J connectivity index is 1.11. The van der Waals surface area contributed by atoms with E-state index in [2.05, 4.69) is 10.3 Å². The van der Waals surface area contributed by atoms with Crippen LogP contribution in [-0.4, -0.2) is 45.2 Å². The zero-order valence-electron chi connectivity index (χ0n) is 18.9. The summed E-state index contributed by atoms with van der Waals surface area (Å²) in [6.45, 7) is 3.54. The molecule has 1 aliphatic heterocycles. The first-order chi connectivity index (χ1) is 16.6. The number of pyridine rings is 1. The normalized spacial score (nSPS) is 14.3. The Morgan fingerprint density at radius 3 is 2.62 bits per heavy atom. The Labute approximate surface area is 197 Å². The first-order valence-electron chi connectivity index (χ1n) is 11.4. The van der Waals surface area contributed by atoms with E-state index in [0.717, 1.165) is 16.9 Å². The third-order valence-corrected chi connectivity index (χ3v) is 6.08. The molecule has 0 atom stereocenters. The molecule has 0 aliphatic carbocycles. The van der Waals surface area contributed by atoms with Gasteiger partial charge in [0.05, 0.1) is 12.0 Å². The van der Waals surface area contributed by atoms with E-state index < -0.39 is 0 Å². The molecular formula is C26H26N4O4. The standard InChI is InChI=1S/C26H26N4O4/c1-18-4-2-12-30-16-21(27-24(18)30)17-34-22-8-6-19(7-9-22)25(31)28-20-10-13-29(14-11-20)26(32)23-5-3-15-33-23/h2-9,12,15-16,20H,10-11,13-14,17H2,1H3,(H,28,31). The van der Waals surface area contributed by atoms with Gasteiger partial charge in [-0.2, -0.15) is 0 Å². The van der Waals surface area contributed by atoms with Crippen molar-refractivity contribution in [2.24, 2.45) is 0 Å². The lowest BCUT2D eigenvalue weighted by molar-refractivity contribution is 0.0667. The van der Waals surface area contributed by atoms with Crippen molar-refractivity contribution in [2.75, 3.05) is 13.1 Å². The van der Waals surface area contributed by atoms with E-state index in [4.69, 9.17) is 9.15 Å². The molecule has 0 unspecified atom stereocenters. The van der Waals surface area contributed by atoms with Gasteiger partial charge in [0.25, 0.3) is 11.8 Å². The first-order valence-corrected chi connectivity index (χ1v) is 11.4. The van der Waals surface area contributed by atoms with Gasteiger partial charge >= 0.3 is 0 Å². The van der Waals surface area contributed by atoms with E-state index in [9.17, 15) is 9.59 Å². The van der Waals surface area contributed by atoms with Gasteiger partial charge in [0.15, 0.2) is 5.76 Å². The number of piperidine rings is 1. The van der Waals surface area contributed by atoms with Crippen LogP contribution in [0.5, 0.6) is 5.75 Å². The molecule has 3 aromatic heterocycles. The van der Waals surface area contributed by atoms with Crippen LogP contribution in [0.1, 0.15) is 45.0 Å². The fraction of sp³-hybridized carbons (Fsp3) is 0.269. The quantitative estimate of drug-likeness (QED) is 0.474. The van der Waals surface area contributed by atoms with E-state index >= 15 is 0 Å². The maximum atomic E-state index is 12.7. The lowest BCUT2D eigenvalue weighted by atomic mass is 10.0. The Hall–Kier alpha value is -4.07. The fourth-order valence-electron chi connectivity index (χ4n) is 4.19. The summed E-state index contributed by atoms with van der Waals surface area (Å²) in [4.78, 5) is 31.4. The number of aromatic nitrogens is 2. The van der Waals surface area contributed by atoms with Crippen molar-refractivity contribution in [3.63, 3.8) is 0 Å². The van der Waals surface area contributed by atoms with Crippen molar-refractivity contribution in [2.45, 2.75) is 32.4 Å². The first kappa shape index (κ1) is 21.8. The zero-order chi connectivity index (χ0) is 23.5. The number of carbonyl (C=O) groups is 2. The van der Waals surface area contributed by atoms with Gasteiger partial charge in [-0.3, -0.25) is 9.59 Å². The van der Waals surface area contributed by atoms with Gasteiger partial charge in [-0.15, -0.1) is 0 Å². The lowest BCUT2D eigenvalue weighted by Gasteiger charge is -2.31. The highest BCUT2D eigenvalue weighted by Gasteiger charge is 2.26. The molecule has 1 aromatic carbocycles. The van der Waals surface area contributed by atoms with E-state index in [1.165, 1.54) is 6.26 Å². The van der Waals surface area contributed by atoms with Gasteiger partial charge in [-0.1, -0.05) is 6.07 Å². The van der Waals surface area contributed by atoms with Crippen LogP contribution in [0.4, 0.5) is 0 Å². The van der Waals surface area contributed by atoms with Gasteiger partial charge in [-0.05, 0) is 67.8 Å². The largest absolute Gasteiger partial charge is 0.487 e. The van der Waals surface area contributed by atoms with Crippen molar-refractivity contribution in [1.29, 1.82) is 0 Å². The summed E-state index contributed by atoms with van der Waals surface area (Å²) in [5.74, 6) is 0.790. The minimum absolute atomic E-state index is 0.0302. The third kappa shape index (κ3) is 4.66. The van der Waals surface area contributed by atoms with E-state index in [1.807, 2.05) is 35.9 Å². The minimum atomic E-state index is -0.127. The van der Waals surface area contributed by atoms with Gasteiger partial charge in [0, 0.05) is 37.1 Å². The number of fused-ring (bicyclic) bond motifs is 1. The Kier molecular flexibility index (Phi) is 6.03. The summed E-state index contributed by atoms with van der Waals surface area (Å²) < 4.78 is 13.0. The second kappa shape index (κ2) is 9.43. The van der Waals surface area contributed by atoms with Crippen LogP contribution in [0, 0.1) is 6.92 Å². The highest BCUT2D eigenvalue weighted by molar-refractivity contribution is 5.94. The molecule has 8 heteroatoms. The summed E-state index contributed by atoms with van der Waals surface area (Å²) in [7, 11) is 0. The highest BCUT2D eigenvalue weighted by atomic mass is 16.5. The summed E-state index contributed by atoms with van der Waals surface area (Å²) in [6, 6.07) is 14.5. The van der Waals surface area contributed by atoms with Crippen molar-refractivity contribution >= 4 is 17.5 Å². The number of nitrogens with zero attached hydrogens (tertiary/aromatic N) is 3. The molecule has 0 radical (unpaired) electrons. The van der Waals surface area contributed by atoms with Crippen LogP contribution in [0.15, 0.2) is 71.6 Å². The number of rotatable bonds is 6. The van der Waals surface area contributed by atoms with Gasteiger partial charge < -0.3 is 23.8 Å². The number of ether oxygens (including phenoxy) is 1. The van der Waals surface area contributed by atoms with Crippen LogP contribution in [0.2, 0.25) is 0 Å². The maximum Gasteiger partial charge on any atom is 0.289 e. The predicted molar refractivity (Wildman–Crippen MR) is 126 cm³/mol. The number of hydrogen-bond acceptors (Lipinski definition) is 5. The maximum absolute atomic E-state index is 12.7. The number of nitrogens with one attached hydrogen (secondary N) is 1. The Bertz CT molecular complexity index is 1290. The number of aryl methyl sites for hydroxylation is 1. The number of furan rings is 1. The zero-order valence-corrected chi connectivity index (χ0v) is 18.9. The average molecular weight is 459 g/mol. The van der Waals surface area contributed by atoms with Crippen molar-refractivity contribution in [3.8, 4) is 5.75 Å². The summed E-state index contributed by atoms with van der Waals surface area (Å²) >= 11 is 0. The smallest absolute Gasteiger partial charge is 0.289 e. The fourth-order valence-corrected chi connectivity index (χ4v) is 4.19. The Morgan fingerprint density at radius 1 is 1.12 bits per heavy atom. The van der Waals surface area contributed by atoms with Gasteiger partial charge in [-0.25, -0.2) is 4.98 Å². The van der Waals surface area contributed by atoms with Crippen molar-refractivity contribution in [1.82, 2.24) is 19.6 Å². The molecule has 1 saturated heterocycles. The number of carbonyl (C=O) groups excluding carboxylic acids is 2. The molecule has 2 amide bonds. The molecule has 4 heterocycles. The van der Waals surface area contributed by atoms with Crippen LogP contribution in [0.25, 0.3) is 5.65 Å². The third-order valence-electron chi connectivity index (χ3n) is 6.08. The monoisotopic (exact) mass is 458 g/mol. The number of imidazole rings is 1. The lowest BCUT2D eigenvalue weighted by Crippen LogP contribution is -2.46.